The molecule has 0 bridgehead atoms. The molecule has 0 fully saturated rings. The molecule has 90 valence electrons. The minimum absolute atomic E-state index is 0.714. The first-order chi connectivity index (χ1) is 7.68. The van der Waals surface area contributed by atoms with Gasteiger partial charge in [0.05, 0.1) is 6.61 Å². The summed E-state index contributed by atoms with van der Waals surface area (Å²) in [6.07, 6.45) is 1.04. The van der Waals surface area contributed by atoms with Gasteiger partial charge < -0.3 is 10.1 Å². The minimum atomic E-state index is 0.714. The van der Waals surface area contributed by atoms with Crippen LogP contribution in [0.3, 0.4) is 0 Å². The lowest BCUT2D eigenvalue weighted by Gasteiger charge is -2.08. The lowest BCUT2D eigenvalue weighted by atomic mass is 10.2. The van der Waals surface area contributed by atoms with Gasteiger partial charge in [0.2, 0.25) is 0 Å². The van der Waals surface area contributed by atoms with Crippen molar-refractivity contribution in [1.82, 2.24) is 5.32 Å². The standard InChI is InChI=1S/C13H20BrNO/c1-11(2)10-15-7-4-8-16-13-6-3-5-12(14)9-13/h3,5-6,9,11,15H,4,7-8,10H2,1-2H3. The van der Waals surface area contributed by atoms with Crippen LogP contribution in [0.2, 0.25) is 0 Å². The van der Waals surface area contributed by atoms with Gasteiger partial charge in [-0.15, -0.1) is 0 Å². The van der Waals surface area contributed by atoms with Crippen molar-refractivity contribution in [3.63, 3.8) is 0 Å². The monoisotopic (exact) mass is 285 g/mol. The van der Waals surface area contributed by atoms with Crippen molar-refractivity contribution in [1.29, 1.82) is 0 Å². The third kappa shape index (κ3) is 6.13. The van der Waals surface area contributed by atoms with Crippen LogP contribution in [0.5, 0.6) is 5.75 Å². The molecule has 0 atom stereocenters. The fraction of sp³-hybridized carbons (Fsp3) is 0.538. The van der Waals surface area contributed by atoms with Crippen molar-refractivity contribution in [2.75, 3.05) is 19.7 Å². The highest BCUT2D eigenvalue weighted by atomic mass is 79.9. The van der Waals surface area contributed by atoms with Gasteiger partial charge in [0.15, 0.2) is 0 Å². The van der Waals surface area contributed by atoms with Crippen molar-refractivity contribution in [2.45, 2.75) is 20.3 Å². The molecule has 0 aromatic heterocycles. The van der Waals surface area contributed by atoms with Gasteiger partial charge in [-0.1, -0.05) is 35.8 Å². The van der Waals surface area contributed by atoms with Crippen LogP contribution in [-0.2, 0) is 0 Å². The first-order valence-corrected chi connectivity index (χ1v) is 6.57. The van der Waals surface area contributed by atoms with Crippen LogP contribution in [-0.4, -0.2) is 19.7 Å². The molecule has 0 saturated heterocycles. The Kier molecular flexibility index (Phi) is 6.50. The Labute approximate surface area is 107 Å². The second-order valence-electron chi connectivity index (χ2n) is 4.26. The zero-order chi connectivity index (χ0) is 11.8. The van der Waals surface area contributed by atoms with E-state index >= 15 is 0 Å². The molecule has 0 aliphatic rings. The van der Waals surface area contributed by atoms with E-state index in [4.69, 9.17) is 4.74 Å². The molecule has 0 heterocycles. The maximum absolute atomic E-state index is 5.62. The Morgan fingerprint density at radius 1 is 1.38 bits per heavy atom. The second-order valence-corrected chi connectivity index (χ2v) is 5.17. The zero-order valence-electron chi connectivity index (χ0n) is 10.0. The van der Waals surface area contributed by atoms with E-state index in [1.807, 2.05) is 24.3 Å². The largest absolute Gasteiger partial charge is 0.494 e. The van der Waals surface area contributed by atoms with Crippen LogP contribution >= 0.6 is 15.9 Å². The molecule has 0 radical (unpaired) electrons. The summed E-state index contributed by atoms with van der Waals surface area (Å²) < 4.78 is 6.68. The van der Waals surface area contributed by atoms with E-state index in [0.29, 0.717) is 5.92 Å². The van der Waals surface area contributed by atoms with Crippen LogP contribution in [0.1, 0.15) is 20.3 Å². The number of nitrogens with one attached hydrogen (secondary N) is 1. The van der Waals surface area contributed by atoms with E-state index in [9.17, 15) is 0 Å². The van der Waals surface area contributed by atoms with Gasteiger partial charge in [-0.25, -0.2) is 0 Å². The predicted octanol–water partition coefficient (Wildman–Crippen LogP) is 3.46. The Morgan fingerprint density at radius 2 is 2.19 bits per heavy atom. The Balaban J connectivity index is 2.07. The third-order valence-electron chi connectivity index (χ3n) is 2.12. The highest BCUT2D eigenvalue weighted by Crippen LogP contribution is 2.17. The summed E-state index contributed by atoms with van der Waals surface area (Å²) in [5, 5.41) is 3.39. The molecule has 0 aliphatic heterocycles. The van der Waals surface area contributed by atoms with Crippen LogP contribution < -0.4 is 10.1 Å². The van der Waals surface area contributed by atoms with E-state index in [2.05, 4.69) is 35.1 Å². The number of hydrogen-bond acceptors (Lipinski definition) is 2. The first kappa shape index (κ1) is 13.5. The topological polar surface area (TPSA) is 21.3 Å². The van der Waals surface area contributed by atoms with Gasteiger partial charge in [-0.3, -0.25) is 0 Å². The molecule has 1 aromatic rings. The van der Waals surface area contributed by atoms with Crippen molar-refractivity contribution in [3.8, 4) is 5.75 Å². The van der Waals surface area contributed by atoms with E-state index in [1.54, 1.807) is 0 Å². The summed E-state index contributed by atoms with van der Waals surface area (Å²) in [6, 6.07) is 7.95. The van der Waals surface area contributed by atoms with Crippen LogP contribution in [0.15, 0.2) is 28.7 Å². The van der Waals surface area contributed by atoms with Gasteiger partial charge in [-0.2, -0.15) is 0 Å². The third-order valence-corrected chi connectivity index (χ3v) is 2.61. The summed E-state index contributed by atoms with van der Waals surface area (Å²) in [6.45, 7) is 7.29. The Hall–Kier alpha value is -0.540. The molecule has 0 unspecified atom stereocenters. The first-order valence-electron chi connectivity index (χ1n) is 5.77. The molecular weight excluding hydrogens is 266 g/mol. The van der Waals surface area contributed by atoms with Crippen molar-refractivity contribution in [3.05, 3.63) is 28.7 Å². The van der Waals surface area contributed by atoms with Crippen molar-refractivity contribution in [2.24, 2.45) is 5.92 Å². The van der Waals surface area contributed by atoms with E-state index < -0.39 is 0 Å². The highest BCUT2D eigenvalue weighted by molar-refractivity contribution is 9.10. The molecule has 0 aliphatic carbocycles. The molecule has 0 saturated carbocycles. The fourth-order valence-corrected chi connectivity index (χ4v) is 1.71. The second kappa shape index (κ2) is 7.69. The molecule has 3 heteroatoms. The fourth-order valence-electron chi connectivity index (χ4n) is 1.33. The number of halogens is 1. The van der Waals surface area contributed by atoms with Gasteiger partial charge in [0, 0.05) is 4.47 Å². The molecule has 1 aromatic carbocycles. The van der Waals surface area contributed by atoms with Crippen molar-refractivity contribution < 1.29 is 4.74 Å². The maximum atomic E-state index is 5.62. The van der Waals surface area contributed by atoms with E-state index in [-0.39, 0.29) is 0 Å². The Morgan fingerprint density at radius 3 is 2.88 bits per heavy atom. The molecule has 0 amide bonds. The molecular formula is C13H20BrNO. The SMILES string of the molecule is CC(C)CNCCCOc1cccc(Br)c1. The number of rotatable bonds is 7. The average molecular weight is 286 g/mol. The summed E-state index contributed by atoms with van der Waals surface area (Å²) in [7, 11) is 0. The molecule has 2 nitrogen and oxygen atoms in total. The Bertz CT molecular complexity index is 302. The lowest BCUT2D eigenvalue weighted by Crippen LogP contribution is -2.22. The van der Waals surface area contributed by atoms with Gasteiger partial charge in [0.25, 0.3) is 0 Å². The molecule has 0 spiro atoms. The van der Waals surface area contributed by atoms with Gasteiger partial charge in [0.1, 0.15) is 5.75 Å². The minimum Gasteiger partial charge on any atom is -0.494 e. The molecule has 1 rings (SSSR count). The van der Waals surface area contributed by atoms with Crippen LogP contribution in [0.4, 0.5) is 0 Å². The number of ether oxygens (including phenoxy) is 1. The number of benzene rings is 1. The van der Waals surface area contributed by atoms with Gasteiger partial charge in [-0.05, 0) is 43.6 Å². The zero-order valence-corrected chi connectivity index (χ0v) is 11.6. The predicted molar refractivity (Wildman–Crippen MR) is 72.0 cm³/mol. The van der Waals surface area contributed by atoms with E-state index in [1.165, 1.54) is 0 Å². The average Bonchev–Trinajstić information content (AvgIpc) is 2.23. The molecule has 1 N–H and O–H groups in total. The summed E-state index contributed by atoms with van der Waals surface area (Å²) in [4.78, 5) is 0. The molecule has 16 heavy (non-hydrogen) atoms. The van der Waals surface area contributed by atoms with Crippen LogP contribution in [0, 0.1) is 5.92 Å². The lowest BCUT2D eigenvalue weighted by molar-refractivity contribution is 0.307. The maximum Gasteiger partial charge on any atom is 0.120 e. The van der Waals surface area contributed by atoms with Crippen molar-refractivity contribution >= 4 is 15.9 Å². The normalized spacial score (nSPS) is 10.8. The highest BCUT2D eigenvalue weighted by Gasteiger charge is 1.95. The number of hydrogen-bond donors (Lipinski definition) is 1. The smallest absolute Gasteiger partial charge is 0.120 e. The van der Waals surface area contributed by atoms with Crippen LogP contribution in [0.25, 0.3) is 0 Å². The summed E-state index contributed by atoms with van der Waals surface area (Å²) in [5.41, 5.74) is 0. The summed E-state index contributed by atoms with van der Waals surface area (Å²) in [5.74, 6) is 1.64. The quantitative estimate of drug-likeness (QED) is 0.775. The van der Waals surface area contributed by atoms with E-state index in [0.717, 1.165) is 36.3 Å². The van der Waals surface area contributed by atoms with Gasteiger partial charge >= 0.3 is 0 Å². The summed E-state index contributed by atoms with van der Waals surface area (Å²) >= 11 is 3.42.